The second-order valence-electron chi connectivity index (χ2n) is 9.18. The number of benzene rings is 2. The number of hydrogen-bond acceptors (Lipinski definition) is 8. The highest BCUT2D eigenvalue weighted by Crippen LogP contribution is 2.40. The van der Waals surface area contributed by atoms with Crippen LogP contribution in [0.3, 0.4) is 0 Å². The summed E-state index contributed by atoms with van der Waals surface area (Å²) in [6.45, 7) is 0.470. The standard InChI is InChI=1S/C28H29ClN4O5S/c1-35-22-15-17(16-23(36-2)24(22)38-13-12-37-21-11-7-6-10-20(21)29)14-19-25(30)33-28(31-26(19)34)39-27(32-33)18-8-4-3-5-9-18/h6-7,10-11,14-16,18,30H,3-5,8-9,12-13H2,1-2H3/b19-14-,30-25?. The Hall–Kier alpha value is -3.50. The zero-order valence-corrected chi connectivity index (χ0v) is 23.3. The van der Waals surface area contributed by atoms with Gasteiger partial charge in [-0.1, -0.05) is 43.0 Å². The lowest BCUT2D eigenvalue weighted by molar-refractivity contribution is -0.114. The number of hydrogen-bond donors (Lipinski definition) is 1. The Kier molecular flexibility index (Phi) is 8.42. The third kappa shape index (κ3) is 5.91. The van der Waals surface area contributed by atoms with E-state index in [2.05, 4.69) is 10.1 Å². The Morgan fingerprint density at radius 3 is 2.44 bits per heavy atom. The molecular formula is C28H29ClN4O5S. The molecule has 1 aliphatic carbocycles. The van der Waals surface area contributed by atoms with Crippen LogP contribution in [-0.2, 0) is 4.79 Å². The largest absolute Gasteiger partial charge is 0.493 e. The van der Waals surface area contributed by atoms with Crippen molar-refractivity contribution in [2.24, 2.45) is 16.0 Å². The number of thioether (sulfide) groups is 1. The zero-order chi connectivity index (χ0) is 27.4. The fourth-order valence-electron chi connectivity index (χ4n) is 4.67. The molecule has 1 amide bonds. The fourth-order valence-corrected chi connectivity index (χ4v) is 5.92. The fraction of sp³-hybridized carbons (Fsp3) is 0.357. The van der Waals surface area contributed by atoms with Crippen LogP contribution in [0.4, 0.5) is 0 Å². The first kappa shape index (κ1) is 27.1. The Morgan fingerprint density at radius 2 is 1.74 bits per heavy atom. The maximum Gasteiger partial charge on any atom is 0.283 e. The summed E-state index contributed by atoms with van der Waals surface area (Å²) in [6.07, 6.45) is 7.35. The van der Waals surface area contributed by atoms with Crippen LogP contribution in [0.5, 0.6) is 23.0 Å². The van der Waals surface area contributed by atoms with Crippen molar-refractivity contribution in [2.45, 2.75) is 32.1 Å². The minimum absolute atomic E-state index is 0.00158. The van der Waals surface area contributed by atoms with Gasteiger partial charge in [0, 0.05) is 5.92 Å². The summed E-state index contributed by atoms with van der Waals surface area (Å²) in [6, 6.07) is 10.6. The molecule has 0 spiro atoms. The van der Waals surface area contributed by atoms with Crippen LogP contribution in [0.1, 0.15) is 37.7 Å². The molecule has 0 atom stereocenters. The molecule has 0 unspecified atom stereocenters. The first-order chi connectivity index (χ1) is 19.0. The molecule has 2 heterocycles. The van der Waals surface area contributed by atoms with E-state index in [0.717, 1.165) is 17.9 Å². The highest BCUT2D eigenvalue weighted by molar-refractivity contribution is 8.27. The van der Waals surface area contributed by atoms with Gasteiger partial charge in [-0.05, 0) is 60.5 Å². The van der Waals surface area contributed by atoms with E-state index in [-0.39, 0.29) is 24.6 Å². The number of nitrogens with zero attached hydrogens (tertiary/aromatic N) is 3. The molecule has 2 aliphatic heterocycles. The molecule has 2 aromatic carbocycles. The van der Waals surface area contributed by atoms with Gasteiger partial charge in [0.15, 0.2) is 17.3 Å². The van der Waals surface area contributed by atoms with Crippen molar-refractivity contribution < 1.29 is 23.7 Å². The number of fused-ring (bicyclic) bond motifs is 1. The van der Waals surface area contributed by atoms with Crippen LogP contribution in [0.2, 0.25) is 5.02 Å². The molecule has 11 heteroatoms. The average Bonchev–Trinajstić information content (AvgIpc) is 3.39. The summed E-state index contributed by atoms with van der Waals surface area (Å²) < 4.78 is 22.7. The highest BCUT2D eigenvalue weighted by atomic mass is 35.5. The number of amidine groups is 2. The first-order valence-corrected chi connectivity index (χ1v) is 13.9. The van der Waals surface area contributed by atoms with Crippen LogP contribution < -0.4 is 18.9 Å². The van der Waals surface area contributed by atoms with Crippen LogP contribution in [0, 0.1) is 11.3 Å². The van der Waals surface area contributed by atoms with Crippen LogP contribution in [-0.4, -0.2) is 54.4 Å². The number of ether oxygens (including phenoxy) is 4. The molecular weight excluding hydrogens is 540 g/mol. The summed E-state index contributed by atoms with van der Waals surface area (Å²) >= 11 is 7.54. The Bertz CT molecular complexity index is 1340. The first-order valence-electron chi connectivity index (χ1n) is 12.7. The van der Waals surface area contributed by atoms with Crippen LogP contribution in [0.15, 0.2) is 52.1 Å². The predicted molar refractivity (Wildman–Crippen MR) is 154 cm³/mol. The van der Waals surface area contributed by atoms with E-state index in [4.69, 9.17) is 36.0 Å². The molecule has 204 valence electrons. The topological polar surface area (TPSA) is 106 Å². The lowest BCUT2D eigenvalue weighted by Crippen LogP contribution is -2.35. The third-order valence-corrected chi connectivity index (χ3v) is 8.03. The zero-order valence-electron chi connectivity index (χ0n) is 21.7. The Labute approximate surface area is 236 Å². The molecule has 0 bridgehead atoms. The van der Waals surface area contributed by atoms with Gasteiger partial charge in [0.25, 0.3) is 5.91 Å². The molecule has 0 saturated heterocycles. The average molecular weight is 569 g/mol. The molecule has 5 rings (SSSR count). The second-order valence-corrected chi connectivity index (χ2v) is 10.6. The number of carbonyl (C=O) groups is 1. The van der Waals surface area contributed by atoms with Gasteiger partial charge in [-0.3, -0.25) is 10.2 Å². The van der Waals surface area contributed by atoms with E-state index >= 15 is 0 Å². The van der Waals surface area contributed by atoms with E-state index in [1.165, 1.54) is 50.3 Å². The maximum absolute atomic E-state index is 12.9. The van der Waals surface area contributed by atoms with Crippen LogP contribution >= 0.6 is 23.4 Å². The minimum atomic E-state index is -0.478. The third-order valence-electron chi connectivity index (χ3n) is 6.64. The number of nitrogens with one attached hydrogen (secondary N) is 1. The van der Waals surface area contributed by atoms with Crippen molar-refractivity contribution in [3.63, 3.8) is 0 Å². The SMILES string of the molecule is COc1cc(/C=C2/C(=N)N3N=C(C4CCCCC4)SC3=NC2=O)cc(OC)c1OCCOc1ccccc1Cl. The lowest BCUT2D eigenvalue weighted by Gasteiger charge is -2.20. The molecule has 39 heavy (non-hydrogen) atoms. The number of aliphatic imine (C=N–C) groups is 1. The number of amides is 1. The molecule has 1 fully saturated rings. The molecule has 0 radical (unpaired) electrons. The van der Waals surface area contributed by atoms with Gasteiger partial charge in [-0.15, -0.1) is 0 Å². The van der Waals surface area contributed by atoms with E-state index < -0.39 is 5.91 Å². The molecule has 3 aliphatic rings. The van der Waals surface area contributed by atoms with E-state index in [9.17, 15) is 4.79 Å². The second kappa shape index (κ2) is 12.1. The summed E-state index contributed by atoms with van der Waals surface area (Å²) in [5, 5.41) is 16.8. The number of halogens is 1. The molecule has 1 saturated carbocycles. The van der Waals surface area contributed by atoms with Crippen molar-refractivity contribution in [1.29, 1.82) is 5.41 Å². The number of carbonyl (C=O) groups excluding carboxylic acids is 1. The van der Waals surface area contributed by atoms with E-state index in [1.807, 2.05) is 12.1 Å². The van der Waals surface area contributed by atoms with Crippen molar-refractivity contribution >= 4 is 51.4 Å². The van der Waals surface area contributed by atoms with E-state index in [1.54, 1.807) is 30.3 Å². The van der Waals surface area contributed by atoms with Crippen molar-refractivity contribution in [2.75, 3.05) is 27.4 Å². The summed E-state index contributed by atoms with van der Waals surface area (Å²) in [7, 11) is 3.04. The number of para-hydroxylation sites is 1. The quantitative estimate of drug-likeness (QED) is 0.291. The van der Waals surface area contributed by atoms with Gasteiger partial charge in [-0.2, -0.15) is 15.1 Å². The van der Waals surface area contributed by atoms with Gasteiger partial charge in [-0.25, -0.2) is 0 Å². The monoisotopic (exact) mass is 568 g/mol. The number of hydrazone groups is 1. The predicted octanol–water partition coefficient (Wildman–Crippen LogP) is 6.01. The molecule has 0 aromatic heterocycles. The highest BCUT2D eigenvalue weighted by Gasteiger charge is 2.38. The lowest BCUT2D eigenvalue weighted by atomic mass is 9.90. The van der Waals surface area contributed by atoms with Crippen molar-refractivity contribution in [3.8, 4) is 23.0 Å². The number of rotatable bonds is 9. The smallest absolute Gasteiger partial charge is 0.283 e. The van der Waals surface area contributed by atoms with Gasteiger partial charge in [0.2, 0.25) is 10.9 Å². The molecule has 9 nitrogen and oxygen atoms in total. The Balaban J connectivity index is 1.33. The molecule has 1 N–H and O–H groups in total. The van der Waals surface area contributed by atoms with Gasteiger partial charge in [0.05, 0.1) is 24.8 Å². The van der Waals surface area contributed by atoms with Crippen LogP contribution in [0.25, 0.3) is 6.08 Å². The Morgan fingerprint density at radius 1 is 1.05 bits per heavy atom. The minimum Gasteiger partial charge on any atom is -0.493 e. The van der Waals surface area contributed by atoms with Crippen molar-refractivity contribution in [3.05, 3.63) is 52.6 Å². The van der Waals surface area contributed by atoms with Crippen molar-refractivity contribution in [1.82, 2.24) is 5.01 Å². The van der Waals surface area contributed by atoms with Gasteiger partial charge >= 0.3 is 0 Å². The number of methoxy groups -OCH3 is 2. The normalized spacial score (nSPS) is 18.5. The molecule has 2 aromatic rings. The summed E-state index contributed by atoms with van der Waals surface area (Å²) in [4.78, 5) is 17.2. The van der Waals surface area contributed by atoms with Gasteiger partial charge < -0.3 is 18.9 Å². The maximum atomic E-state index is 12.9. The van der Waals surface area contributed by atoms with Gasteiger partial charge in [0.1, 0.15) is 24.0 Å². The summed E-state index contributed by atoms with van der Waals surface area (Å²) in [5.74, 6) is 1.67. The summed E-state index contributed by atoms with van der Waals surface area (Å²) in [5.41, 5.74) is 0.734. The van der Waals surface area contributed by atoms with E-state index in [0.29, 0.717) is 44.7 Å².